The number of aliphatic hydroxyl groups excluding tert-OH is 1. The van der Waals surface area contributed by atoms with Gasteiger partial charge in [-0.05, 0) is 17.9 Å². The Morgan fingerprint density at radius 1 is 1.53 bits per heavy atom. The molecule has 3 N–H and O–H groups in total. The molecule has 7 heteroatoms. The van der Waals surface area contributed by atoms with Gasteiger partial charge in [-0.2, -0.15) is 0 Å². The Bertz CT molecular complexity index is 445. The van der Waals surface area contributed by atoms with Gasteiger partial charge in [0.15, 0.2) is 0 Å². The number of carboxylic acids is 1. The summed E-state index contributed by atoms with van der Waals surface area (Å²) < 4.78 is 0. The maximum Gasteiger partial charge on any atom is 0.338 e. The Balaban J connectivity index is 2.03. The second-order valence-corrected chi connectivity index (χ2v) is 4.70. The molecule has 1 aromatic rings. The fourth-order valence-corrected chi connectivity index (χ4v) is 2.45. The number of amides is 2. The van der Waals surface area contributed by atoms with Crippen molar-refractivity contribution in [1.82, 2.24) is 4.90 Å². The quantitative estimate of drug-likeness (QED) is 0.737. The molecular formula is C10H12N2O4S. The molecule has 1 aliphatic heterocycles. The van der Waals surface area contributed by atoms with Gasteiger partial charge in [-0.1, -0.05) is 0 Å². The van der Waals surface area contributed by atoms with Gasteiger partial charge in [0.05, 0.1) is 11.7 Å². The number of hydrogen-bond acceptors (Lipinski definition) is 4. The Kier molecular flexibility index (Phi) is 3.30. The van der Waals surface area contributed by atoms with Crippen LogP contribution in [-0.4, -0.2) is 46.3 Å². The zero-order valence-corrected chi connectivity index (χ0v) is 9.74. The Hall–Kier alpha value is -1.60. The zero-order chi connectivity index (χ0) is 12.4. The van der Waals surface area contributed by atoms with E-state index >= 15 is 0 Å². The SMILES string of the molecule is O=C(O)c1ccsc1NC(=O)N1CC[C@H](O)C1. The zero-order valence-electron chi connectivity index (χ0n) is 8.92. The predicted octanol–water partition coefficient (Wildman–Crippen LogP) is 1.04. The van der Waals surface area contributed by atoms with Crippen LogP contribution in [0, 0.1) is 0 Å². The molecule has 6 nitrogen and oxygen atoms in total. The molecule has 17 heavy (non-hydrogen) atoms. The van der Waals surface area contributed by atoms with Crippen LogP contribution in [0.4, 0.5) is 9.80 Å². The predicted molar refractivity (Wildman–Crippen MR) is 62.5 cm³/mol. The number of aliphatic hydroxyl groups is 1. The summed E-state index contributed by atoms with van der Waals surface area (Å²) in [6.45, 7) is 0.778. The van der Waals surface area contributed by atoms with E-state index in [2.05, 4.69) is 5.32 Å². The number of nitrogens with zero attached hydrogens (tertiary/aromatic N) is 1. The summed E-state index contributed by atoms with van der Waals surface area (Å²) in [5, 5.41) is 22.7. The van der Waals surface area contributed by atoms with Gasteiger partial charge in [-0.25, -0.2) is 9.59 Å². The van der Waals surface area contributed by atoms with E-state index < -0.39 is 12.1 Å². The van der Waals surface area contributed by atoms with Gasteiger partial charge in [0.1, 0.15) is 5.00 Å². The average molecular weight is 256 g/mol. The van der Waals surface area contributed by atoms with Crippen molar-refractivity contribution in [3.63, 3.8) is 0 Å². The number of urea groups is 1. The number of likely N-dealkylation sites (tertiary alicyclic amines) is 1. The van der Waals surface area contributed by atoms with E-state index in [0.717, 1.165) is 11.3 Å². The van der Waals surface area contributed by atoms with E-state index in [1.54, 1.807) is 5.38 Å². The van der Waals surface area contributed by atoms with Crippen molar-refractivity contribution >= 4 is 28.3 Å². The van der Waals surface area contributed by atoms with Crippen LogP contribution in [0.5, 0.6) is 0 Å². The van der Waals surface area contributed by atoms with Gasteiger partial charge in [0, 0.05) is 13.1 Å². The maximum atomic E-state index is 11.8. The van der Waals surface area contributed by atoms with Crippen molar-refractivity contribution in [1.29, 1.82) is 0 Å². The van der Waals surface area contributed by atoms with Crippen LogP contribution in [0.25, 0.3) is 0 Å². The summed E-state index contributed by atoms with van der Waals surface area (Å²) in [4.78, 5) is 24.1. The van der Waals surface area contributed by atoms with Crippen molar-refractivity contribution in [2.75, 3.05) is 18.4 Å². The lowest BCUT2D eigenvalue weighted by atomic mass is 10.3. The summed E-state index contributed by atoms with van der Waals surface area (Å²) in [6, 6.07) is 1.08. The number of carbonyl (C=O) groups excluding carboxylic acids is 1. The molecule has 1 saturated heterocycles. The highest BCUT2D eigenvalue weighted by Gasteiger charge is 2.25. The number of nitrogens with one attached hydrogen (secondary N) is 1. The van der Waals surface area contributed by atoms with E-state index in [1.165, 1.54) is 11.0 Å². The highest BCUT2D eigenvalue weighted by molar-refractivity contribution is 7.14. The number of carboxylic acid groups (broad SMARTS) is 1. The molecular weight excluding hydrogens is 244 g/mol. The van der Waals surface area contributed by atoms with E-state index in [4.69, 9.17) is 5.11 Å². The fraction of sp³-hybridized carbons (Fsp3) is 0.400. The molecule has 1 aromatic heterocycles. The lowest BCUT2D eigenvalue weighted by Gasteiger charge is -2.15. The molecule has 1 aliphatic rings. The molecule has 0 radical (unpaired) electrons. The first-order valence-corrected chi connectivity index (χ1v) is 6.00. The van der Waals surface area contributed by atoms with E-state index in [0.29, 0.717) is 24.5 Å². The third kappa shape index (κ3) is 2.56. The molecule has 2 amide bonds. The topological polar surface area (TPSA) is 89.9 Å². The monoisotopic (exact) mass is 256 g/mol. The molecule has 0 aromatic carbocycles. The second kappa shape index (κ2) is 4.72. The fourth-order valence-electron chi connectivity index (χ4n) is 1.68. The summed E-state index contributed by atoms with van der Waals surface area (Å²) >= 11 is 1.16. The first-order valence-electron chi connectivity index (χ1n) is 5.12. The average Bonchev–Trinajstić information content (AvgIpc) is 2.86. The molecule has 1 atom stereocenters. The Morgan fingerprint density at radius 2 is 2.29 bits per heavy atom. The van der Waals surface area contributed by atoms with E-state index in [9.17, 15) is 14.7 Å². The van der Waals surface area contributed by atoms with Crippen molar-refractivity contribution < 1.29 is 19.8 Å². The minimum Gasteiger partial charge on any atom is -0.478 e. The van der Waals surface area contributed by atoms with Crippen LogP contribution in [0.1, 0.15) is 16.8 Å². The van der Waals surface area contributed by atoms with Gasteiger partial charge in [-0.3, -0.25) is 5.32 Å². The van der Waals surface area contributed by atoms with Crippen molar-refractivity contribution in [3.05, 3.63) is 17.0 Å². The van der Waals surface area contributed by atoms with Crippen molar-refractivity contribution in [2.45, 2.75) is 12.5 Å². The van der Waals surface area contributed by atoms with Crippen LogP contribution in [0.2, 0.25) is 0 Å². The smallest absolute Gasteiger partial charge is 0.338 e. The molecule has 1 fully saturated rings. The minimum atomic E-state index is -1.07. The van der Waals surface area contributed by atoms with Gasteiger partial charge in [0.25, 0.3) is 0 Å². The Morgan fingerprint density at radius 3 is 2.88 bits per heavy atom. The standard InChI is InChI=1S/C10H12N2O4S/c13-6-1-3-12(5-6)10(16)11-8-7(9(14)15)2-4-17-8/h2,4,6,13H,1,3,5H2,(H,11,16)(H,14,15)/t6-/m0/s1. The summed E-state index contributed by atoms with van der Waals surface area (Å²) in [5.74, 6) is -1.07. The first kappa shape index (κ1) is 11.9. The van der Waals surface area contributed by atoms with Gasteiger partial charge >= 0.3 is 12.0 Å². The van der Waals surface area contributed by atoms with E-state index in [-0.39, 0.29) is 11.6 Å². The van der Waals surface area contributed by atoms with Gasteiger partial charge in [0.2, 0.25) is 0 Å². The van der Waals surface area contributed by atoms with Gasteiger partial charge in [-0.15, -0.1) is 11.3 Å². The molecule has 2 heterocycles. The lowest BCUT2D eigenvalue weighted by molar-refractivity contribution is 0.0698. The number of carbonyl (C=O) groups is 2. The third-order valence-electron chi connectivity index (χ3n) is 2.57. The second-order valence-electron chi connectivity index (χ2n) is 3.79. The molecule has 0 bridgehead atoms. The van der Waals surface area contributed by atoms with Gasteiger partial charge < -0.3 is 15.1 Å². The molecule has 0 aliphatic carbocycles. The third-order valence-corrected chi connectivity index (χ3v) is 3.40. The summed E-state index contributed by atoms with van der Waals surface area (Å²) in [7, 11) is 0. The normalized spacial score (nSPS) is 19.4. The highest BCUT2D eigenvalue weighted by atomic mass is 32.1. The van der Waals surface area contributed by atoms with Crippen LogP contribution < -0.4 is 5.32 Å². The Labute approximate surface area is 101 Å². The molecule has 0 spiro atoms. The van der Waals surface area contributed by atoms with E-state index in [1.807, 2.05) is 0 Å². The number of rotatable bonds is 2. The summed E-state index contributed by atoms with van der Waals surface area (Å²) in [6.07, 6.45) is 0.0759. The van der Waals surface area contributed by atoms with Crippen LogP contribution in [0.15, 0.2) is 11.4 Å². The number of aromatic carboxylic acids is 1. The van der Waals surface area contributed by atoms with Crippen LogP contribution in [0.3, 0.4) is 0 Å². The molecule has 92 valence electrons. The largest absolute Gasteiger partial charge is 0.478 e. The number of thiophene rings is 1. The lowest BCUT2D eigenvalue weighted by Crippen LogP contribution is -2.33. The van der Waals surface area contributed by atoms with Crippen molar-refractivity contribution in [2.24, 2.45) is 0 Å². The number of anilines is 1. The van der Waals surface area contributed by atoms with Crippen LogP contribution in [-0.2, 0) is 0 Å². The van der Waals surface area contributed by atoms with Crippen molar-refractivity contribution in [3.8, 4) is 0 Å². The maximum absolute atomic E-state index is 11.8. The first-order chi connectivity index (χ1) is 8.08. The molecule has 0 unspecified atom stereocenters. The molecule has 0 saturated carbocycles. The number of β-amino-alcohol motifs (C(OH)–C–C–N with tert-alkyl or cyclic N) is 1. The minimum absolute atomic E-state index is 0.0862. The molecule has 2 rings (SSSR count). The summed E-state index contributed by atoms with van der Waals surface area (Å²) in [5.41, 5.74) is 0.0862. The highest BCUT2D eigenvalue weighted by Crippen LogP contribution is 2.24. The van der Waals surface area contributed by atoms with Crippen LogP contribution >= 0.6 is 11.3 Å². The number of hydrogen-bond donors (Lipinski definition) is 3.